The number of aromatic nitrogens is 2. The fourth-order valence-corrected chi connectivity index (χ4v) is 3.40. The van der Waals surface area contributed by atoms with Crippen molar-refractivity contribution in [1.82, 2.24) is 20.2 Å². The molecule has 0 saturated carbocycles. The van der Waals surface area contributed by atoms with E-state index in [1.54, 1.807) is 45.0 Å². The number of carbonyl (C=O) groups excluding carboxylic acids is 3. The molecule has 35 heavy (non-hydrogen) atoms. The van der Waals surface area contributed by atoms with Crippen molar-refractivity contribution >= 4 is 23.4 Å². The van der Waals surface area contributed by atoms with Gasteiger partial charge in [-0.05, 0) is 37.1 Å². The van der Waals surface area contributed by atoms with Crippen molar-refractivity contribution in [2.24, 2.45) is 5.41 Å². The maximum Gasteiger partial charge on any atom is 0.328 e. The number of hydrogen-bond donors (Lipinski definition) is 4. The maximum atomic E-state index is 12.6. The Hall–Kier alpha value is -3.73. The number of rotatable bonds is 8. The van der Waals surface area contributed by atoms with Crippen LogP contribution in [0.25, 0.3) is 0 Å². The van der Waals surface area contributed by atoms with Gasteiger partial charge in [-0.1, -0.05) is 20.8 Å². The number of hydrogen-bond acceptors (Lipinski definition) is 6. The van der Waals surface area contributed by atoms with Crippen molar-refractivity contribution in [3.63, 3.8) is 0 Å². The van der Waals surface area contributed by atoms with E-state index in [-0.39, 0.29) is 43.1 Å². The molecule has 188 valence electrons. The van der Waals surface area contributed by atoms with Crippen LogP contribution in [0.3, 0.4) is 0 Å². The Bertz CT molecular complexity index is 1190. The molecule has 3 amide bonds. The van der Waals surface area contributed by atoms with Gasteiger partial charge in [0.1, 0.15) is 5.56 Å². The van der Waals surface area contributed by atoms with Gasteiger partial charge in [0.2, 0.25) is 5.91 Å². The summed E-state index contributed by atoms with van der Waals surface area (Å²) in [6.45, 7) is 6.30. The summed E-state index contributed by atoms with van der Waals surface area (Å²) in [5.41, 5.74) is -1.04. The normalized spacial score (nSPS) is 15.5. The fraction of sp³-hybridized carbons (Fsp3) is 0.458. The van der Waals surface area contributed by atoms with Gasteiger partial charge in [-0.25, -0.2) is 4.79 Å². The van der Waals surface area contributed by atoms with Crippen molar-refractivity contribution in [3.05, 3.63) is 62.4 Å². The van der Waals surface area contributed by atoms with Gasteiger partial charge in [0.05, 0.1) is 12.6 Å². The summed E-state index contributed by atoms with van der Waals surface area (Å²) in [6, 6.07) is 6.45. The van der Waals surface area contributed by atoms with E-state index in [0.29, 0.717) is 17.9 Å². The molecule has 2 aromatic rings. The predicted octanol–water partition coefficient (Wildman–Crippen LogP) is 0.860. The molecule has 1 atom stereocenters. The van der Waals surface area contributed by atoms with Gasteiger partial charge >= 0.3 is 5.69 Å². The zero-order valence-corrected chi connectivity index (χ0v) is 20.1. The number of nitrogens with zero attached hydrogens (tertiary/aromatic N) is 1. The first-order valence-corrected chi connectivity index (χ1v) is 11.5. The van der Waals surface area contributed by atoms with E-state index in [4.69, 9.17) is 4.74 Å². The first kappa shape index (κ1) is 25.9. The van der Waals surface area contributed by atoms with Crippen LogP contribution >= 0.6 is 0 Å². The van der Waals surface area contributed by atoms with Crippen LogP contribution in [0.2, 0.25) is 0 Å². The Morgan fingerprint density at radius 1 is 1.06 bits per heavy atom. The lowest BCUT2D eigenvalue weighted by molar-refractivity contribution is -0.123. The van der Waals surface area contributed by atoms with Crippen LogP contribution in [-0.2, 0) is 16.1 Å². The zero-order valence-electron chi connectivity index (χ0n) is 20.1. The molecule has 0 spiro atoms. The summed E-state index contributed by atoms with van der Waals surface area (Å²) in [5, 5.41) is 8.02. The molecule has 1 unspecified atom stereocenters. The van der Waals surface area contributed by atoms with Crippen molar-refractivity contribution in [1.29, 1.82) is 0 Å². The van der Waals surface area contributed by atoms with E-state index in [1.807, 2.05) is 0 Å². The summed E-state index contributed by atoms with van der Waals surface area (Å²) < 4.78 is 6.44. The Labute approximate surface area is 202 Å². The van der Waals surface area contributed by atoms with Gasteiger partial charge in [-0.15, -0.1) is 0 Å². The molecule has 0 radical (unpaired) electrons. The number of H-pyrrole nitrogens is 1. The third kappa shape index (κ3) is 6.89. The van der Waals surface area contributed by atoms with Crippen LogP contribution in [-0.4, -0.2) is 53.1 Å². The summed E-state index contributed by atoms with van der Waals surface area (Å²) >= 11 is 0. The standard InChI is InChI=1S/C24H31N5O6/c1-24(2,3)22(33)28-16-8-6-15(7-9-16)19(30)25-10-11-26-20(31)18-13-27-23(34)29(21(18)32)14-17-5-4-12-35-17/h6-9,13,17H,4-5,10-12,14H2,1-3H3,(H,25,30)(H,26,31)(H,27,34)(H,28,33). The Morgan fingerprint density at radius 3 is 2.31 bits per heavy atom. The highest BCUT2D eigenvalue weighted by Gasteiger charge is 2.22. The van der Waals surface area contributed by atoms with Crippen LogP contribution in [0.15, 0.2) is 40.1 Å². The number of aromatic amines is 1. The average molecular weight is 486 g/mol. The third-order valence-corrected chi connectivity index (χ3v) is 5.50. The van der Waals surface area contributed by atoms with Crippen LogP contribution < -0.4 is 27.2 Å². The lowest BCUT2D eigenvalue weighted by atomic mass is 9.95. The highest BCUT2D eigenvalue weighted by atomic mass is 16.5. The molecule has 1 aliphatic rings. The summed E-state index contributed by atoms with van der Waals surface area (Å²) in [5.74, 6) is -1.14. The molecule has 2 heterocycles. The molecule has 1 aromatic heterocycles. The van der Waals surface area contributed by atoms with Crippen molar-refractivity contribution in [2.45, 2.75) is 46.3 Å². The van der Waals surface area contributed by atoms with Crippen LogP contribution in [0.1, 0.15) is 54.3 Å². The second-order valence-electron chi connectivity index (χ2n) is 9.35. The molecular weight excluding hydrogens is 454 g/mol. The van der Waals surface area contributed by atoms with Crippen molar-refractivity contribution < 1.29 is 19.1 Å². The molecule has 0 aliphatic carbocycles. The molecule has 1 saturated heterocycles. The number of ether oxygens (including phenoxy) is 1. The quantitative estimate of drug-likeness (QED) is 0.407. The Kier molecular flexibility index (Phi) is 8.23. The third-order valence-electron chi connectivity index (χ3n) is 5.50. The van der Waals surface area contributed by atoms with E-state index in [1.165, 1.54) is 0 Å². The molecule has 1 fully saturated rings. The second-order valence-corrected chi connectivity index (χ2v) is 9.35. The lowest BCUT2D eigenvalue weighted by Crippen LogP contribution is -2.43. The summed E-state index contributed by atoms with van der Waals surface area (Å²) in [4.78, 5) is 63.9. The van der Waals surface area contributed by atoms with E-state index in [0.717, 1.165) is 23.6 Å². The van der Waals surface area contributed by atoms with E-state index < -0.39 is 22.6 Å². The van der Waals surface area contributed by atoms with Crippen LogP contribution in [0.4, 0.5) is 5.69 Å². The average Bonchev–Trinajstić information content (AvgIpc) is 3.32. The topological polar surface area (TPSA) is 151 Å². The minimum Gasteiger partial charge on any atom is -0.376 e. The second kappa shape index (κ2) is 11.1. The number of nitrogens with one attached hydrogen (secondary N) is 4. The molecule has 11 nitrogen and oxygen atoms in total. The fourth-order valence-electron chi connectivity index (χ4n) is 3.40. The number of carbonyl (C=O) groups is 3. The van der Waals surface area contributed by atoms with Gasteiger partial charge in [0, 0.05) is 42.6 Å². The largest absolute Gasteiger partial charge is 0.376 e. The number of amides is 3. The molecule has 4 N–H and O–H groups in total. The highest BCUT2D eigenvalue weighted by molar-refractivity contribution is 5.97. The van der Waals surface area contributed by atoms with Gasteiger partial charge in [0.15, 0.2) is 0 Å². The number of benzene rings is 1. The predicted molar refractivity (Wildman–Crippen MR) is 129 cm³/mol. The van der Waals surface area contributed by atoms with Crippen molar-refractivity contribution in [2.75, 3.05) is 25.0 Å². The number of anilines is 1. The molecular formula is C24H31N5O6. The highest BCUT2D eigenvalue weighted by Crippen LogP contribution is 2.17. The molecule has 0 bridgehead atoms. The van der Waals surface area contributed by atoms with Crippen LogP contribution in [0, 0.1) is 5.41 Å². The maximum absolute atomic E-state index is 12.6. The first-order valence-electron chi connectivity index (χ1n) is 11.5. The van der Waals surface area contributed by atoms with Gasteiger partial charge in [0.25, 0.3) is 17.4 Å². The monoisotopic (exact) mass is 485 g/mol. The summed E-state index contributed by atoms with van der Waals surface area (Å²) in [6.07, 6.45) is 2.47. The minimum absolute atomic E-state index is 0.0780. The Balaban J connectivity index is 1.49. The Morgan fingerprint density at radius 2 is 1.71 bits per heavy atom. The zero-order chi connectivity index (χ0) is 25.6. The van der Waals surface area contributed by atoms with Gasteiger partial charge < -0.3 is 25.7 Å². The van der Waals surface area contributed by atoms with E-state index >= 15 is 0 Å². The minimum atomic E-state index is -0.690. The summed E-state index contributed by atoms with van der Waals surface area (Å²) in [7, 11) is 0. The van der Waals surface area contributed by atoms with Gasteiger partial charge in [-0.2, -0.15) is 0 Å². The first-order chi connectivity index (χ1) is 16.6. The molecule has 3 rings (SSSR count). The van der Waals surface area contributed by atoms with E-state index in [2.05, 4.69) is 20.9 Å². The molecule has 1 aromatic carbocycles. The smallest absolute Gasteiger partial charge is 0.328 e. The lowest BCUT2D eigenvalue weighted by Gasteiger charge is -2.17. The molecule has 11 heteroatoms. The van der Waals surface area contributed by atoms with Crippen molar-refractivity contribution in [3.8, 4) is 0 Å². The molecule has 1 aliphatic heterocycles. The van der Waals surface area contributed by atoms with E-state index in [9.17, 15) is 24.0 Å². The van der Waals surface area contributed by atoms with Gasteiger partial charge in [-0.3, -0.25) is 23.7 Å². The SMILES string of the molecule is CC(C)(C)C(=O)Nc1ccc(C(=O)NCCNC(=O)c2c[nH]c(=O)n(CC3CCCO3)c2=O)cc1. The van der Waals surface area contributed by atoms with Crippen LogP contribution in [0.5, 0.6) is 0 Å².